The van der Waals surface area contributed by atoms with Crippen LogP contribution in [0.5, 0.6) is 0 Å². The molecule has 1 N–H and O–H groups in total. The van der Waals surface area contributed by atoms with E-state index < -0.39 is 0 Å². The van der Waals surface area contributed by atoms with Crippen molar-refractivity contribution in [1.82, 2.24) is 10.2 Å². The van der Waals surface area contributed by atoms with Crippen LogP contribution < -0.4 is 5.32 Å². The lowest BCUT2D eigenvalue weighted by molar-refractivity contribution is 0.164. The van der Waals surface area contributed by atoms with Gasteiger partial charge in [0.2, 0.25) is 0 Å². The minimum atomic E-state index is 0.528. The van der Waals surface area contributed by atoms with Gasteiger partial charge in [0.1, 0.15) is 0 Å². The van der Waals surface area contributed by atoms with Gasteiger partial charge in [0, 0.05) is 12.3 Å². The molecular weight excluding hydrogens is 168 g/mol. The Balaban J connectivity index is 2.05. The van der Waals surface area contributed by atoms with Crippen LogP contribution in [0.1, 0.15) is 19.8 Å². The summed E-state index contributed by atoms with van der Waals surface area (Å²) in [5, 5.41) is 3.44. The fourth-order valence-electron chi connectivity index (χ4n) is 2.37. The number of piperidine rings is 1. The van der Waals surface area contributed by atoms with Crippen molar-refractivity contribution in [2.45, 2.75) is 24.6 Å². The van der Waals surface area contributed by atoms with Crippen LogP contribution in [0.15, 0.2) is 0 Å². The van der Waals surface area contributed by atoms with E-state index in [2.05, 4.69) is 28.9 Å². The Morgan fingerprint density at radius 1 is 1.42 bits per heavy atom. The Hall–Kier alpha value is 0.270. The SMILES string of the molecule is CCN1CCSC12CCNCC2. The molecule has 2 heterocycles. The molecule has 0 saturated carbocycles. The molecule has 3 heteroatoms. The van der Waals surface area contributed by atoms with Gasteiger partial charge in [-0.2, -0.15) is 0 Å². The van der Waals surface area contributed by atoms with Crippen LogP contribution in [0.4, 0.5) is 0 Å². The minimum Gasteiger partial charge on any atom is -0.317 e. The Morgan fingerprint density at radius 3 is 2.83 bits per heavy atom. The molecule has 70 valence electrons. The molecule has 0 amide bonds. The molecule has 2 rings (SSSR count). The standard InChI is InChI=1S/C9H18N2S/c1-2-11-7-8-12-9(11)3-5-10-6-4-9/h10H,2-8H2,1H3. The zero-order valence-corrected chi connectivity index (χ0v) is 8.62. The zero-order chi connectivity index (χ0) is 8.44. The Bertz CT molecular complexity index is 155. The lowest BCUT2D eigenvalue weighted by Crippen LogP contribution is -2.49. The van der Waals surface area contributed by atoms with Crippen molar-refractivity contribution in [2.75, 3.05) is 31.9 Å². The van der Waals surface area contributed by atoms with Crippen LogP contribution in [-0.4, -0.2) is 41.7 Å². The van der Waals surface area contributed by atoms with Gasteiger partial charge in [0.25, 0.3) is 0 Å². The highest BCUT2D eigenvalue weighted by Crippen LogP contribution is 2.41. The average molecular weight is 186 g/mol. The molecule has 2 aliphatic rings. The van der Waals surface area contributed by atoms with Gasteiger partial charge in [-0.3, -0.25) is 4.90 Å². The van der Waals surface area contributed by atoms with Gasteiger partial charge in [-0.25, -0.2) is 0 Å². The van der Waals surface area contributed by atoms with E-state index in [1.165, 1.54) is 44.8 Å². The highest BCUT2D eigenvalue weighted by molar-refractivity contribution is 8.00. The van der Waals surface area contributed by atoms with Crippen molar-refractivity contribution >= 4 is 11.8 Å². The maximum Gasteiger partial charge on any atom is 0.0695 e. The monoisotopic (exact) mass is 186 g/mol. The first-order valence-corrected chi connectivity index (χ1v) is 5.96. The predicted octanol–water partition coefficient (Wildman–Crippen LogP) is 1.13. The summed E-state index contributed by atoms with van der Waals surface area (Å²) in [6, 6.07) is 0. The van der Waals surface area contributed by atoms with Gasteiger partial charge >= 0.3 is 0 Å². The number of rotatable bonds is 1. The topological polar surface area (TPSA) is 15.3 Å². The van der Waals surface area contributed by atoms with Crippen LogP contribution in [0.2, 0.25) is 0 Å². The smallest absolute Gasteiger partial charge is 0.0695 e. The highest BCUT2D eigenvalue weighted by atomic mass is 32.2. The van der Waals surface area contributed by atoms with E-state index in [-0.39, 0.29) is 0 Å². The molecular formula is C9H18N2S. The molecule has 2 fully saturated rings. The molecule has 12 heavy (non-hydrogen) atoms. The van der Waals surface area contributed by atoms with E-state index in [4.69, 9.17) is 0 Å². The quantitative estimate of drug-likeness (QED) is 0.661. The van der Waals surface area contributed by atoms with Crippen LogP contribution in [0.25, 0.3) is 0 Å². The third kappa shape index (κ3) is 1.38. The van der Waals surface area contributed by atoms with Crippen LogP contribution in [0.3, 0.4) is 0 Å². The first-order valence-electron chi connectivity index (χ1n) is 4.97. The number of thioether (sulfide) groups is 1. The van der Waals surface area contributed by atoms with Gasteiger partial charge in [0.05, 0.1) is 4.87 Å². The minimum absolute atomic E-state index is 0.528. The van der Waals surface area contributed by atoms with Crippen molar-refractivity contribution in [3.05, 3.63) is 0 Å². The van der Waals surface area contributed by atoms with Crippen molar-refractivity contribution in [3.8, 4) is 0 Å². The van der Waals surface area contributed by atoms with Crippen LogP contribution in [-0.2, 0) is 0 Å². The van der Waals surface area contributed by atoms with Gasteiger partial charge in [-0.15, -0.1) is 11.8 Å². The normalized spacial score (nSPS) is 29.8. The predicted molar refractivity (Wildman–Crippen MR) is 54.5 cm³/mol. The Morgan fingerprint density at radius 2 is 2.17 bits per heavy atom. The molecule has 0 bridgehead atoms. The molecule has 2 saturated heterocycles. The van der Waals surface area contributed by atoms with Crippen molar-refractivity contribution in [2.24, 2.45) is 0 Å². The van der Waals surface area contributed by atoms with Crippen molar-refractivity contribution < 1.29 is 0 Å². The van der Waals surface area contributed by atoms with E-state index in [1.54, 1.807) is 0 Å². The summed E-state index contributed by atoms with van der Waals surface area (Å²) >= 11 is 2.18. The number of hydrogen-bond acceptors (Lipinski definition) is 3. The summed E-state index contributed by atoms with van der Waals surface area (Å²) in [5.74, 6) is 1.34. The zero-order valence-electron chi connectivity index (χ0n) is 7.81. The molecule has 0 radical (unpaired) electrons. The van der Waals surface area contributed by atoms with E-state index >= 15 is 0 Å². The van der Waals surface area contributed by atoms with Crippen LogP contribution in [0, 0.1) is 0 Å². The molecule has 0 aromatic rings. The molecule has 0 aromatic heterocycles. The van der Waals surface area contributed by atoms with Gasteiger partial charge < -0.3 is 5.32 Å². The lowest BCUT2D eigenvalue weighted by Gasteiger charge is -2.40. The van der Waals surface area contributed by atoms with E-state index in [1.807, 2.05) is 0 Å². The number of hydrogen-bond donors (Lipinski definition) is 1. The lowest BCUT2D eigenvalue weighted by atomic mass is 10.0. The Kier molecular flexibility index (Phi) is 2.63. The maximum atomic E-state index is 3.44. The fourth-order valence-corrected chi connectivity index (χ4v) is 3.95. The Labute approximate surface area is 79.1 Å². The van der Waals surface area contributed by atoms with Gasteiger partial charge in [-0.05, 0) is 32.5 Å². The second-order valence-electron chi connectivity index (χ2n) is 3.62. The molecule has 0 unspecified atom stereocenters. The van der Waals surface area contributed by atoms with E-state index in [9.17, 15) is 0 Å². The van der Waals surface area contributed by atoms with E-state index in [0.29, 0.717) is 4.87 Å². The average Bonchev–Trinajstić information content (AvgIpc) is 2.49. The maximum absolute atomic E-state index is 3.44. The molecule has 2 nitrogen and oxygen atoms in total. The second-order valence-corrected chi connectivity index (χ2v) is 5.08. The van der Waals surface area contributed by atoms with Crippen LogP contribution >= 0.6 is 11.8 Å². The summed E-state index contributed by atoms with van der Waals surface area (Å²) in [4.78, 5) is 3.19. The summed E-state index contributed by atoms with van der Waals surface area (Å²) < 4.78 is 0. The third-order valence-corrected chi connectivity index (χ3v) is 4.67. The van der Waals surface area contributed by atoms with Gasteiger partial charge in [-0.1, -0.05) is 6.92 Å². The number of nitrogens with one attached hydrogen (secondary N) is 1. The molecule has 1 spiro atoms. The highest BCUT2D eigenvalue weighted by Gasteiger charge is 2.41. The summed E-state index contributed by atoms with van der Waals surface area (Å²) in [5.41, 5.74) is 0. The largest absolute Gasteiger partial charge is 0.317 e. The van der Waals surface area contributed by atoms with E-state index in [0.717, 1.165) is 0 Å². The summed E-state index contributed by atoms with van der Waals surface area (Å²) in [7, 11) is 0. The van der Waals surface area contributed by atoms with Crippen molar-refractivity contribution in [1.29, 1.82) is 0 Å². The second kappa shape index (κ2) is 3.56. The molecule has 0 atom stereocenters. The fraction of sp³-hybridized carbons (Fsp3) is 1.00. The first-order chi connectivity index (χ1) is 5.87. The molecule has 2 aliphatic heterocycles. The summed E-state index contributed by atoms with van der Waals surface area (Å²) in [6.07, 6.45) is 2.68. The van der Waals surface area contributed by atoms with Gasteiger partial charge in [0.15, 0.2) is 0 Å². The molecule has 0 aromatic carbocycles. The summed E-state index contributed by atoms with van der Waals surface area (Å²) in [6.45, 7) is 7.25. The molecule has 0 aliphatic carbocycles. The third-order valence-electron chi connectivity index (χ3n) is 3.07. The first kappa shape index (κ1) is 8.85. The number of nitrogens with zero attached hydrogens (tertiary/aromatic N) is 1. The van der Waals surface area contributed by atoms with Crippen molar-refractivity contribution in [3.63, 3.8) is 0 Å².